The van der Waals surface area contributed by atoms with Gasteiger partial charge in [0.15, 0.2) is 0 Å². The number of amides is 4. The smallest absolute Gasteiger partial charge is 0.418 e. The molecule has 0 saturated carbocycles. The van der Waals surface area contributed by atoms with Gasteiger partial charge in [-0.2, -0.15) is 13.2 Å². The van der Waals surface area contributed by atoms with Crippen molar-refractivity contribution < 1.29 is 32.3 Å². The highest BCUT2D eigenvalue weighted by molar-refractivity contribution is 6.05. The number of carbonyl (C=O) groups is 3. The summed E-state index contributed by atoms with van der Waals surface area (Å²) in [6.07, 6.45) is -2.82. The third-order valence-corrected chi connectivity index (χ3v) is 6.46. The van der Waals surface area contributed by atoms with Crippen molar-refractivity contribution in [2.75, 3.05) is 36.5 Å². The van der Waals surface area contributed by atoms with Crippen LogP contribution in [0, 0.1) is 5.41 Å². The van der Waals surface area contributed by atoms with Gasteiger partial charge in [-0.3, -0.25) is 14.5 Å². The molecule has 2 N–H and O–H groups in total. The van der Waals surface area contributed by atoms with Crippen molar-refractivity contribution in [2.24, 2.45) is 5.41 Å². The van der Waals surface area contributed by atoms with Crippen molar-refractivity contribution >= 4 is 29.2 Å². The van der Waals surface area contributed by atoms with E-state index in [4.69, 9.17) is 4.74 Å². The van der Waals surface area contributed by atoms with E-state index in [-0.39, 0.29) is 24.5 Å². The maximum absolute atomic E-state index is 13.5. The standard InChI is InChI=1S/C26H29F3N4O4/c1-25(2)12-7-13-32(16-25)22(34)14-33-20-10-5-6-11-21(20)37-15-19(23(33)35)31-24(36)30-18-9-4-3-8-17(18)26(27,28)29/h3-6,8-11,19H,7,12-16H2,1-2H3,(H2,30,31,36)/t19-/m1/s1. The molecule has 2 aliphatic heterocycles. The summed E-state index contributed by atoms with van der Waals surface area (Å²) in [6.45, 7) is 4.81. The van der Waals surface area contributed by atoms with E-state index >= 15 is 0 Å². The van der Waals surface area contributed by atoms with Crippen LogP contribution >= 0.6 is 0 Å². The first-order valence-electron chi connectivity index (χ1n) is 12.0. The number of piperidine rings is 1. The molecule has 2 heterocycles. The second-order valence-corrected chi connectivity index (χ2v) is 9.98. The van der Waals surface area contributed by atoms with Crippen LogP contribution in [-0.4, -0.2) is 55.0 Å². The van der Waals surface area contributed by atoms with Crippen LogP contribution in [0.2, 0.25) is 0 Å². The number of anilines is 2. The summed E-state index contributed by atoms with van der Waals surface area (Å²) in [5.74, 6) is -0.483. The minimum Gasteiger partial charge on any atom is -0.489 e. The summed E-state index contributed by atoms with van der Waals surface area (Å²) in [7, 11) is 0. The largest absolute Gasteiger partial charge is 0.489 e. The summed E-state index contributed by atoms with van der Waals surface area (Å²) in [5.41, 5.74) is -1.12. The van der Waals surface area contributed by atoms with Crippen LogP contribution < -0.4 is 20.3 Å². The summed E-state index contributed by atoms with van der Waals surface area (Å²) >= 11 is 0. The lowest BCUT2D eigenvalue weighted by atomic mass is 9.84. The van der Waals surface area contributed by atoms with E-state index in [0.717, 1.165) is 25.0 Å². The Labute approximate surface area is 212 Å². The van der Waals surface area contributed by atoms with E-state index in [1.165, 1.54) is 17.0 Å². The number of alkyl halides is 3. The van der Waals surface area contributed by atoms with Gasteiger partial charge in [0, 0.05) is 13.1 Å². The van der Waals surface area contributed by atoms with Gasteiger partial charge < -0.3 is 20.3 Å². The maximum atomic E-state index is 13.5. The molecule has 1 saturated heterocycles. The van der Waals surface area contributed by atoms with E-state index in [0.29, 0.717) is 24.5 Å². The number of nitrogens with zero attached hydrogens (tertiary/aromatic N) is 2. The number of carbonyl (C=O) groups excluding carboxylic acids is 3. The van der Waals surface area contributed by atoms with E-state index < -0.39 is 35.4 Å². The molecule has 0 spiro atoms. The number of nitrogens with one attached hydrogen (secondary N) is 2. The summed E-state index contributed by atoms with van der Waals surface area (Å²) < 4.78 is 45.7. The normalized spacial score (nSPS) is 19.4. The molecule has 0 bridgehead atoms. The molecule has 11 heteroatoms. The molecule has 37 heavy (non-hydrogen) atoms. The van der Waals surface area contributed by atoms with Crippen LogP contribution in [0.3, 0.4) is 0 Å². The van der Waals surface area contributed by atoms with Crippen LogP contribution in [0.1, 0.15) is 32.3 Å². The molecule has 2 aromatic carbocycles. The monoisotopic (exact) mass is 518 g/mol. The van der Waals surface area contributed by atoms with Crippen molar-refractivity contribution in [1.29, 1.82) is 0 Å². The fourth-order valence-corrected chi connectivity index (χ4v) is 4.65. The van der Waals surface area contributed by atoms with Gasteiger partial charge in [0.25, 0.3) is 5.91 Å². The number of benzene rings is 2. The number of hydrogen-bond acceptors (Lipinski definition) is 4. The molecule has 8 nitrogen and oxygen atoms in total. The predicted molar refractivity (Wildman–Crippen MR) is 131 cm³/mol. The maximum Gasteiger partial charge on any atom is 0.418 e. The van der Waals surface area contributed by atoms with Gasteiger partial charge in [-0.05, 0) is 42.5 Å². The molecular formula is C26H29F3N4O4. The Morgan fingerprint density at radius 1 is 1.11 bits per heavy atom. The molecule has 4 amide bonds. The van der Waals surface area contributed by atoms with Crippen LogP contribution in [0.5, 0.6) is 5.75 Å². The zero-order chi connectivity index (χ0) is 26.8. The van der Waals surface area contributed by atoms with Crippen molar-refractivity contribution in [3.8, 4) is 5.75 Å². The number of ether oxygens (including phenoxy) is 1. The second-order valence-electron chi connectivity index (χ2n) is 9.98. The van der Waals surface area contributed by atoms with Gasteiger partial charge in [-0.1, -0.05) is 38.1 Å². The van der Waals surface area contributed by atoms with Gasteiger partial charge >= 0.3 is 12.2 Å². The van der Waals surface area contributed by atoms with E-state index in [9.17, 15) is 27.6 Å². The van der Waals surface area contributed by atoms with Gasteiger partial charge in [-0.25, -0.2) is 4.79 Å². The number of likely N-dealkylation sites (tertiary alicyclic amines) is 1. The lowest BCUT2D eigenvalue weighted by Gasteiger charge is -2.39. The molecule has 2 aliphatic rings. The summed E-state index contributed by atoms with van der Waals surface area (Å²) in [5, 5.41) is 4.58. The lowest BCUT2D eigenvalue weighted by Crippen LogP contribution is -2.54. The van der Waals surface area contributed by atoms with Crippen LogP contribution in [0.15, 0.2) is 48.5 Å². The number of rotatable bonds is 4. The minimum atomic E-state index is -4.67. The first kappa shape index (κ1) is 26.3. The Morgan fingerprint density at radius 3 is 2.54 bits per heavy atom. The fourth-order valence-electron chi connectivity index (χ4n) is 4.65. The summed E-state index contributed by atoms with van der Waals surface area (Å²) in [4.78, 5) is 42.4. The highest BCUT2D eigenvalue weighted by atomic mass is 19.4. The molecule has 0 aromatic heterocycles. The topological polar surface area (TPSA) is 91.0 Å². The Kier molecular flexibility index (Phi) is 7.33. The third-order valence-electron chi connectivity index (χ3n) is 6.46. The highest BCUT2D eigenvalue weighted by Crippen LogP contribution is 2.35. The molecular weight excluding hydrogens is 489 g/mol. The second kappa shape index (κ2) is 10.3. The average Bonchev–Trinajstić information content (AvgIpc) is 2.95. The number of urea groups is 1. The van der Waals surface area contributed by atoms with Crippen molar-refractivity contribution in [1.82, 2.24) is 10.2 Å². The van der Waals surface area contributed by atoms with Crippen molar-refractivity contribution in [2.45, 2.75) is 38.9 Å². The first-order valence-corrected chi connectivity index (χ1v) is 12.0. The Morgan fingerprint density at radius 2 is 1.81 bits per heavy atom. The van der Waals surface area contributed by atoms with Crippen LogP contribution in [-0.2, 0) is 15.8 Å². The van der Waals surface area contributed by atoms with E-state index in [1.54, 1.807) is 29.2 Å². The lowest BCUT2D eigenvalue weighted by molar-refractivity contribution is -0.137. The fraction of sp³-hybridized carbons (Fsp3) is 0.423. The van der Waals surface area contributed by atoms with Gasteiger partial charge in [0.1, 0.15) is 24.9 Å². The molecule has 1 fully saturated rings. The number of para-hydroxylation sites is 3. The molecule has 4 rings (SSSR count). The van der Waals surface area contributed by atoms with Gasteiger partial charge in [0.05, 0.1) is 16.9 Å². The first-order chi connectivity index (χ1) is 17.4. The Hall–Kier alpha value is -3.76. The molecule has 0 radical (unpaired) electrons. The molecule has 2 aromatic rings. The van der Waals surface area contributed by atoms with Crippen LogP contribution in [0.25, 0.3) is 0 Å². The summed E-state index contributed by atoms with van der Waals surface area (Å²) in [6, 6.07) is 8.99. The zero-order valence-corrected chi connectivity index (χ0v) is 20.6. The number of hydrogen-bond donors (Lipinski definition) is 2. The van der Waals surface area contributed by atoms with Gasteiger partial charge in [-0.15, -0.1) is 0 Å². The molecule has 198 valence electrons. The highest BCUT2D eigenvalue weighted by Gasteiger charge is 2.37. The molecule has 0 aliphatic carbocycles. The van der Waals surface area contributed by atoms with Crippen molar-refractivity contribution in [3.05, 3.63) is 54.1 Å². The third kappa shape index (κ3) is 6.15. The Balaban J connectivity index is 1.52. The number of halogens is 3. The average molecular weight is 519 g/mol. The Bertz CT molecular complexity index is 1180. The van der Waals surface area contributed by atoms with Crippen LogP contribution in [0.4, 0.5) is 29.3 Å². The zero-order valence-electron chi connectivity index (χ0n) is 20.6. The number of fused-ring (bicyclic) bond motifs is 1. The van der Waals surface area contributed by atoms with E-state index in [1.807, 2.05) is 0 Å². The SMILES string of the molecule is CC1(C)CCCN(C(=O)CN2C(=O)[C@H](NC(=O)Nc3ccccc3C(F)(F)F)COc3ccccc32)C1. The quantitative estimate of drug-likeness (QED) is 0.633. The molecule has 0 unspecified atom stereocenters. The predicted octanol–water partition coefficient (Wildman–Crippen LogP) is 4.27. The molecule has 1 atom stereocenters. The van der Waals surface area contributed by atoms with Crippen molar-refractivity contribution in [3.63, 3.8) is 0 Å². The van der Waals surface area contributed by atoms with E-state index in [2.05, 4.69) is 24.5 Å². The van der Waals surface area contributed by atoms with Gasteiger partial charge in [0.2, 0.25) is 5.91 Å². The minimum absolute atomic E-state index is 0.0351.